The summed E-state index contributed by atoms with van der Waals surface area (Å²) in [7, 11) is 1.47. The van der Waals surface area contributed by atoms with Gasteiger partial charge in [0.1, 0.15) is 11.4 Å². The van der Waals surface area contributed by atoms with Crippen molar-refractivity contribution in [1.82, 2.24) is 9.97 Å². The lowest BCUT2D eigenvalue weighted by Crippen LogP contribution is -2.39. The normalized spacial score (nSPS) is 22.3. The Morgan fingerprint density at radius 2 is 1.96 bits per heavy atom. The van der Waals surface area contributed by atoms with Gasteiger partial charge in [-0.15, -0.1) is 0 Å². The molecule has 7 nitrogen and oxygen atoms in total. The zero-order valence-electron chi connectivity index (χ0n) is 14.0. The van der Waals surface area contributed by atoms with Gasteiger partial charge in [-0.2, -0.15) is 9.97 Å². The lowest BCUT2D eigenvalue weighted by Gasteiger charge is -2.32. The Bertz CT molecular complexity index is 816. The number of aliphatic hydroxyl groups is 1. The quantitative estimate of drug-likeness (QED) is 0.878. The maximum atomic E-state index is 12.9. The molecule has 1 aliphatic heterocycles. The lowest BCUT2D eigenvalue weighted by atomic mass is 9.77. The summed E-state index contributed by atoms with van der Waals surface area (Å²) in [5.74, 6) is 0.378. The molecule has 4 rings (SSSR count). The Morgan fingerprint density at radius 3 is 2.60 bits per heavy atom. The van der Waals surface area contributed by atoms with Gasteiger partial charge >= 0.3 is 6.01 Å². The van der Waals surface area contributed by atoms with Gasteiger partial charge < -0.3 is 20.5 Å². The van der Waals surface area contributed by atoms with Crippen LogP contribution < -0.4 is 15.4 Å². The highest BCUT2D eigenvalue weighted by atomic mass is 16.5. The first-order chi connectivity index (χ1) is 12.1. The van der Waals surface area contributed by atoms with Gasteiger partial charge in [-0.25, -0.2) is 0 Å². The summed E-state index contributed by atoms with van der Waals surface area (Å²) in [6.07, 6.45) is 2.04. The van der Waals surface area contributed by atoms with Gasteiger partial charge in [-0.05, 0) is 36.5 Å². The Labute approximate surface area is 145 Å². The van der Waals surface area contributed by atoms with Crippen LogP contribution in [0, 0.1) is 0 Å². The van der Waals surface area contributed by atoms with Crippen molar-refractivity contribution in [2.24, 2.45) is 0 Å². The average Bonchev–Trinajstić information content (AvgIpc) is 2.59. The van der Waals surface area contributed by atoms with Gasteiger partial charge in [0.2, 0.25) is 0 Å². The summed E-state index contributed by atoms with van der Waals surface area (Å²) in [5.41, 5.74) is 8.97. The van der Waals surface area contributed by atoms with Crippen LogP contribution >= 0.6 is 0 Å². The molecule has 1 amide bonds. The van der Waals surface area contributed by atoms with Gasteiger partial charge in [-0.3, -0.25) is 4.79 Å². The number of fused-ring (bicyclic) bond motifs is 1. The van der Waals surface area contributed by atoms with Gasteiger partial charge in [0, 0.05) is 18.7 Å². The number of methoxy groups -OCH3 is 1. The minimum Gasteiger partial charge on any atom is -0.467 e. The number of hydrogen-bond donors (Lipinski definition) is 2. The first kappa shape index (κ1) is 15.8. The SMILES string of the molecule is COc1nc(N)c2c(n1)CCN(c1ccc(C3CC(O)C3)cc1)C2=O. The third kappa shape index (κ3) is 2.70. The molecule has 1 aliphatic carbocycles. The number of aliphatic hydroxyl groups excluding tert-OH is 1. The van der Waals surface area contributed by atoms with E-state index in [1.807, 2.05) is 24.3 Å². The van der Waals surface area contributed by atoms with Crippen LogP contribution in [0.15, 0.2) is 24.3 Å². The monoisotopic (exact) mass is 340 g/mol. The molecule has 25 heavy (non-hydrogen) atoms. The zero-order chi connectivity index (χ0) is 17.6. The van der Waals surface area contributed by atoms with Crippen LogP contribution in [0.2, 0.25) is 0 Å². The van der Waals surface area contributed by atoms with E-state index < -0.39 is 0 Å². The number of nitrogens with two attached hydrogens (primary N) is 1. The fourth-order valence-electron chi connectivity index (χ4n) is 3.50. The number of aromatic nitrogens is 2. The highest BCUT2D eigenvalue weighted by molar-refractivity contribution is 6.10. The second-order valence-electron chi connectivity index (χ2n) is 6.54. The predicted octanol–water partition coefficient (Wildman–Crippen LogP) is 1.51. The van der Waals surface area contributed by atoms with Crippen LogP contribution in [0.25, 0.3) is 0 Å². The van der Waals surface area contributed by atoms with Crippen molar-refractivity contribution in [2.45, 2.75) is 31.3 Å². The van der Waals surface area contributed by atoms with Crippen molar-refractivity contribution in [3.63, 3.8) is 0 Å². The standard InChI is InChI=1S/C18H20N4O3/c1-25-18-20-14-6-7-22(17(24)15(14)16(19)21-18)12-4-2-10(3-5-12)11-8-13(23)9-11/h2-5,11,13,23H,6-9H2,1H3,(H2,19,20,21). The van der Waals surface area contributed by atoms with E-state index in [1.165, 1.54) is 12.7 Å². The first-order valence-electron chi connectivity index (χ1n) is 8.37. The molecule has 0 spiro atoms. The summed E-state index contributed by atoms with van der Waals surface area (Å²) in [5, 5.41) is 9.44. The number of rotatable bonds is 3. The minimum absolute atomic E-state index is 0.150. The number of amides is 1. The Balaban J connectivity index is 1.59. The van der Waals surface area contributed by atoms with Crippen molar-refractivity contribution in [3.8, 4) is 6.01 Å². The number of carbonyl (C=O) groups is 1. The minimum atomic E-state index is -0.187. The summed E-state index contributed by atoms with van der Waals surface area (Å²) in [6, 6.07) is 8.14. The molecule has 0 atom stereocenters. The highest BCUT2D eigenvalue weighted by Crippen LogP contribution is 2.37. The molecule has 130 valence electrons. The second kappa shape index (κ2) is 6.00. The van der Waals surface area contributed by atoms with E-state index in [2.05, 4.69) is 9.97 Å². The van der Waals surface area contributed by atoms with Crippen molar-refractivity contribution in [3.05, 3.63) is 41.1 Å². The van der Waals surface area contributed by atoms with Crippen LogP contribution in [0.4, 0.5) is 11.5 Å². The van der Waals surface area contributed by atoms with Crippen LogP contribution in [0.5, 0.6) is 6.01 Å². The van der Waals surface area contributed by atoms with E-state index in [0.29, 0.717) is 30.1 Å². The summed E-state index contributed by atoms with van der Waals surface area (Å²) < 4.78 is 5.02. The van der Waals surface area contributed by atoms with Crippen LogP contribution in [0.3, 0.4) is 0 Å². The third-order valence-electron chi connectivity index (χ3n) is 4.99. The zero-order valence-corrected chi connectivity index (χ0v) is 14.0. The van der Waals surface area contributed by atoms with E-state index in [4.69, 9.17) is 10.5 Å². The predicted molar refractivity (Wildman–Crippen MR) is 92.8 cm³/mol. The molecule has 1 aromatic carbocycles. The molecule has 2 aliphatic rings. The number of benzene rings is 1. The molecule has 0 saturated heterocycles. The summed E-state index contributed by atoms with van der Waals surface area (Å²) in [6.45, 7) is 0.535. The van der Waals surface area contributed by atoms with Crippen molar-refractivity contribution in [2.75, 3.05) is 24.3 Å². The van der Waals surface area contributed by atoms with E-state index in [9.17, 15) is 9.90 Å². The third-order valence-corrected chi connectivity index (χ3v) is 4.99. The van der Waals surface area contributed by atoms with Gasteiger partial charge in [0.25, 0.3) is 5.91 Å². The van der Waals surface area contributed by atoms with Gasteiger partial charge in [0.15, 0.2) is 0 Å². The maximum Gasteiger partial charge on any atom is 0.318 e. The molecule has 3 N–H and O–H groups in total. The second-order valence-corrected chi connectivity index (χ2v) is 6.54. The van der Waals surface area contributed by atoms with Crippen LogP contribution in [-0.4, -0.2) is 40.7 Å². The summed E-state index contributed by atoms with van der Waals surface area (Å²) >= 11 is 0. The molecule has 0 radical (unpaired) electrons. The van der Waals surface area contributed by atoms with E-state index in [1.54, 1.807) is 4.90 Å². The average molecular weight is 340 g/mol. The number of carbonyl (C=O) groups excluding carboxylic acids is 1. The maximum absolute atomic E-state index is 12.9. The molecule has 1 aromatic heterocycles. The van der Waals surface area contributed by atoms with Gasteiger partial charge in [0.05, 0.1) is 18.9 Å². The molecule has 0 unspecified atom stereocenters. The number of anilines is 2. The van der Waals surface area contributed by atoms with Crippen molar-refractivity contribution < 1.29 is 14.6 Å². The summed E-state index contributed by atoms with van der Waals surface area (Å²) in [4.78, 5) is 22.8. The number of hydrogen-bond acceptors (Lipinski definition) is 6. The molecule has 1 fully saturated rings. The lowest BCUT2D eigenvalue weighted by molar-refractivity contribution is 0.0746. The molecular formula is C18H20N4O3. The van der Waals surface area contributed by atoms with Crippen molar-refractivity contribution in [1.29, 1.82) is 0 Å². The fraction of sp³-hybridized carbons (Fsp3) is 0.389. The molecule has 2 aromatic rings. The van der Waals surface area contributed by atoms with Crippen LogP contribution in [-0.2, 0) is 6.42 Å². The fourth-order valence-corrected chi connectivity index (χ4v) is 3.50. The van der Waals surface area contributed by atoms with E-state index in [0.717, 1.165) is 18.5 Å². The smallest absolute Gasteiger partial charge is 0.318 e. The van der Waals surface area contributed by atoms with E-state index >= 15 is 0 Å². The van der Waals surface area contributed by atoms with E-state index in [-0.39, 0.29) is 23.8 Å². The Morgan fingerprint density at radius 1 is 1.24 bits per heavy atom. The topological polar surface area (TPSA) is 102 Å². The number of nitrogen functional groups attached to an aromatic ring is 1. The largest absolute Gasteiger partial charge is 0.467 e. The molecule has 0 bridgehead atoms. The van der Waals surface area contributed by atoms with Crippen molar-refractivity contribution >= 4 is 17.4 Å². The number of ether oxygens (including phenoxy) is 1. The Kier molecular flexibility index (Phi) is 3.80. The van der Waals surface area contributed by atoms with Gasteiger partial charge in [-0.1, -0.05) is 12.1 Å². The molecular weight excluding hydrogens is 320 g/mol. The van der Waals surface area contributed by atoms with Crippen LogP contribution in [0.1, 0.15) is 40.4 Å². The molecule has 2 heterocycles. The highest BCUT2D eigenvalue weighted by Gasteiger charge is 2.31. The first-order valence-corrected chi connectivity index (χ1v) is 8.37. The number of nitrogens with zero attached hydrogens (tertiary/aromatic N) is 3. The molecule has 1 saturated carbocycles. The Hall–Kier alpha value is -2.67. The molecule has 7 heteroatoms.